The van der Waals surface area contributed by atoms with Crippen molar-refractivity contribution in [2.45, 2.75) is 36.7 Å². The van der Waals surface area contributed by atoms with E-state index in [0.717, 1.165) is 0 Å². The van der Waals surface area contributed by atoms with Gasteiger partial charge in [-0.3, -0.25) is 4.21 Å². The van der Waals surface area contributed by atoms with E-state index in [-0.39, 0.29) is 24.1 Å². The third-order valence-electron chi connectivity index (χ3n) is 3.30. The van der Waals surface area contributed by atoms with Gasteiger partial charge in [0.1, 0.15) is 0 Å². The molecule has 0 aromatic carbocycles. The average Bonchev–Trinajstić information content (AvgIpc) is 2.16. The van der Waals surface area contributed by atoms with Crippen LogP contribution in [-0.2, 0) is 10.8 Å². The predicted octanol–water partition coefficient (Wildman–Crippen LogP) is 1.44. The van der Waals surface area contributed by atoms with Gasteiger partial charge >= 0.3 is 6.18 Å². The summed E-state index contributed by atoms with van der Waals surface area (Å²) in [4.78, 5) is 0. The normalized spacial score (nSPS) is 42.3. The van der Waals surface area contributed by atoms with E-state index in [1.54, 1.807) is 0 Å². The van der Waals surface area contributed by atoms with Crippen LogP contribution in [0.2, 0.25) is 0 Å². The topological polar surface area (TPSA) is 29.1 Å². The molecule has 2 nitrogen and oxygen atoms in total. The fourth-order valence-corrected chi connectivity index (χ4v) is 4.11. The highest BCUT2D eigenvalue weighted by molar-refractivity contribution is 7.85. The summed E-state index contributed by atoms with van der Waals surface area (Å²) in [6.07, 6.45) is -3.41. The molecule has 1 aliphatic carbocycles. The number of hydrogen-bond donors (Lipinski definition) is 1. The number of alkyl halides is 3. The molecule has 0 aromatic heterocycles. The predicted molar refractivity (Wildman–Crippen MR) is 52.0 cm³/mol. The Morgan fingerprint density at radius 3 is 2.67 bits per heavy atom. The Balaban J connectivity index is 2.05. The van der Waals surface area contributed by atoms with E-state index in [9.17, 15) is 17.4 Å². The Labute approximate surface area is 89.1 Å². The highest BCUT2D eigenvalue weighted by Gasteiger charge is 2.47. The lowest BCUT2D eigenvalue weighted by Gasteiger charge is -2.39. The van der Waals surface area contributed by atoms with Crippen LogP contribution in [-0.4, -0.2) is 34.0 Å². The molecular weight excluding hydrogens is 227 g/mol. The first kappa shape index (κ1) is 11.4. The third kappa shape index (κ3) is 2.36. The van der Waals surface area contributed by atoms with Crippen molar-refractivity contribution in [3.8, 4) is 0 Å². The van der Waals surface area contributed by atoms with Crippen LogP contribution in [0, 0.1) is 5.92 Å². The van der Waals surface area contributed by atoms with Gasteiger partial charge in [-0.1, -0.05) is 0 Å². The van der Waals surface area contributed by atoms with Gasteiger partial charge in [-0.2, -0.15) is 13.2 Å². The molecule has 2 rings (SSSR count). The lowest BCUT2D eigenvalue weighted by molar-refractivity contribution is -0.182. The third-order valence-corrected chi connectivity index (χ3v) is 5.10. The van der Waals surface area contributed by atoms with Crippen molar-refractivity contribution in [2.75, 3.05) is 12.3 Å². The highest BCUT2D eigenvalue weighted by atomic mass is 32.2. The average molecular weight is 241 g/mol. The molecule has 0 spiro atoms. The van der Waals surface area contributed by atoms with Crippen LogP contribution in [0.4, 0.5) is 13.2 Å². The van der Waals surface area contributed by atoms with Crippen LogP contribution in [0.15, 0.2) is 0 Å². The number of halogens is 3. The van der Waals surface area contributed by atoms with E-state index in [2.05, 4.69) is 5.32 Å². The van der Waals surface area contributed by atoms with Gasteiger partial charge in [-0.05, 0) is 19.3 Å². The summed E-state index contributed by atoms with van der Waals surface area (Å²) < 4.78 is 49.1. The number of hydrogen-bond acceptors (Lipinski definition) is 2. The molecule has 1 saturated heterocycles. The van der Waals surface area contributed by atoms with Gasteiger partial charge in [0, 0.05) is 29.1 Å². The summed E-state index contributed by atoms with van der Waals surface area (Å²) in [5.41, 5.74) is 0. The van der Waals surface area contributed by atoms with Gasteiger partial charge in [-0.15, -0.1) is 0 Å². The number of nitrogens with one attached hydrogen (secondary N) is 1. The minimum absolute atomic E-state index is 0.0355. The van der Waals surface area contributed by atoms with Gasteiger partial charge < -0.3 is 5.32 Å². The summed E-state index contributed by atoms with van der Waals surface area (Å²) in [6.45, 7) is 0.671. The zero-order valence-corrected chi connectivity index (χ0v) is 9.03. The Bertz CT molecular complexity index is 269. The lowest BCUT2D eigenvalue weighted by Crippen LogP contribution is -2.54. The van der Waals surface area contributed by atoms with Crippen molar-refractivity contribution in [1.29, 1.82) is 0 Å². The minimum Gasteiger partial charge on any atom is -0.312 e. The van der Waals surface area contributed by atoms with Crippen LogP contribution >= 0.6 is 0 Å². The standard InChI is InChI=1S/C9H14F3NOS/c10-9(11,12)6-1-2-7-8(5-6)15(14)4-3-13-7/h6-8,13H,1-5H2. The molecule has 4 atom stereocenters. The second-order valence-electron chi connectivity index (χ2n) is 4.24. The van der Waals surface area contributed by atoms with E-state index >= 15 is 0 Å². The van der Waals surface area contributed by atoms with Gasteiger partial charge in [0.2, 0.25) is 0 Å². The first-order valence-electron chi connectivity index (χ1n) is 5.16. The second kappa shape index (κ2) is 4.05. The van der Waals surface area contributed by atoms with Crippen molar-refractivity contribution in [3.63, 3.8) is 0 Å². The van der Waals surface area contributed by atoms with Crippen LogP contribution < -0.4 is 5.32 Å². The summed E-state index contributed by atoms with van der Waals surface area (Å²) in [5.74, 6) is -0.756. The molecule has 0 aromatic rings. The molecule has 1 heterocycles. The molecule has 1 N–H and O–H groups in total. The molecule has 4 unspecified atom stereocenters. The Hall–Kier alpha value is -0.100. The summed E-state index contributed by atoms with van der Waals surface area (Å²) in [5, 5.41) is 2.87. The van der Waals surface area contributed by atoms with Crippen LogP contribution in [0.1, 0.15) is 19.3 Å². The smallest absolute Gasteiger partial charge is 0.312 e. The number of fused-ring (bicyclic) bond motifs is 1. The first-order valence-corrected chi connectivity index (χ1v) is 6.54. The Morgan fingerprint density at radius 2 is 2.00 bits per heavy atom. The van der Waals surface area contributed by atoms with Gasteiger partial charge in [0.05, 0.1) is 11.2 Å². The first-order chi connectivity index (χ1) is 6.98. The van der Waals surface area contributed by atoms with E-state index in [4.69, 9.17) is 0 Å². The molecule has 88 valence electrons. The van der Waals surface area contributed by atoms with Gasteiger partial charge in [0.25, 0.3) is 0 Å². The van der Waals surface area contributed by atoms with Gasteiger partial charge in [-0.25, -0.2) is 0 Å². The molecule has 1 aliphatic heterocycles. The Kier molecular flexibility index (Phi) is 3.07. The van der Waals surface area contributed by atoms with Crippen LogP contribution in [0.25, 0.3) is 0 Å². The van der Waals surface area contributed by atoms with Crippen molar-refractivity contribution in [1.82, 2.24) is 5.32 Å². The lowest BCUT2D eigenvalue weighted by atomic mass is 9.85. The fraction of sp³-hybridized carbons (Fsp3) is 1.00. The molecule has 1 saturated carbocycles. The van der Waals surface area contributed by atoms with Gasteiger partial charge in [0.15, 0.2) is 0 Å². The van der Waals surface area contributed by atoms with E-state index < -0.39 is 22.9 Å². The molecule has 2 fully saturated rings. The molecule has 15 heavy (non-hydrogen) atoms. The molecule has 0 radical (unpaired) electrons. The molecule has 0 amide bonds. The van der Waals surface area contributed by atoms with Crippen LogP contribution in [0.5, 0.6) is 0 Å². The van der Waals surface area contributed by atoms with E-state index in [1.807, 2.05) is 0 Å². The number of rotatable bonds is 0. The molecule has 6 heteroatoms. The fourth-order valence-electron chi connectivity index (χ4n) is 2.45. The van der Waals surface area contributed by atoms with E-state index in [0.29, 0.717) is 18.7 Å². The molecular formula is C9H14F3NOS. The van der Waals surface area contributed by atoms with Crippen molar-refractivity contribution < 1.29 is 17.4 Å². The SMILES string of the molecule is O=S1CCNC2CCC(C(F)(F)F)CC21. The maximum Gasteiger partial charge on any atom is 0.391 e. The zero-order valence-electron chi connectivity index (χ0n) is 8.22. The molecule has 2 aliphatic rings. The monoisotopic (exact) mass is 241 g/mol. The van der Waals surface area contributed by atoms with Crippen molar-refractivity contribution >= 4 is 10.8 Å². The largest absolute Gasteiger partial charge is 0.391 e. The maximum atomic E-state index is 12.5. The second-order valence-corrected chi connectivity index (χ2v) is 6.01. The molecule has 0 bridgehead atoms. The van der Waals surface area contributed by atoms with Crippen molar-refractivity contribution in [2.24, 2.45) is 5.92 Å². The Morgan fingerprint density at radius 1 is 1.27 bits per heavy atom. The zero-order chi connectivity index (χ0) is 11.1. The van der Waals surface area contributed by atoms with Crippen LogP contribution in [0.3, 0.4) is 0 Å². The minimum atomic E-state index is -4.12. The maximum absolute atomic E-state index is 12.5. The highest BCUT2D eigenvalue weighted by Crippen LogP contribution is 2.39. The van der Waals surface area contributed by atoms with Crippen molar-refractivity contribution in [3.05, 3.63) is 0 Å². The summed E-state index contributed by atoms with van der Waals surface area (Å²) in [7, 11) is -1.07. The van der Waals surface area contributed by atoms with E-state index in [1.165, 1.54) is 0 Å². The summed E-state index contributed by atoms with van der Waals surface area (Å²) >= 11 is 0. The quantitative estimate of drug-likeness (QED) is 0.695. The summed E-state index contributed by atoms with van der Waals surface area (Å²) in [6, 6.07) is 0.0400.